The molecule has 5 rings (SSSR count). The quantitative estimate of drug-likeness (QED) is 0.407. The number of nitrogens with one attached hydrogen (secondary N) is 1. The molecule has 4 atom stereocenters. The number of halogens is 1. The molecule has 0 radical (unpaired) electrons. The number of carbonyl (C=O) groups is 1. The Morgan fingerprint density at radius 2 is 2.16 bits per heavy atom. The van der Waals surface area contributed by atoms with Crippen LogP contribution in [-0.2, 0) is 27.1 Å². The van der Waals surface area contributed by atoms with Crippen LogP contribution in [0.5, 0.6) is 0 Å². The number of ether oxygens (including phenoxy) is 2. The fraction of sp³-hybridized carbons (Fsp3) is 0.600. The summed E-state index contributed by atoms with van der Waals surface area (Å²) in [6.07, 6.45) is 7.54. The lowest BCUT2D eigenvalue weighted by Crippen LogP contribution is -2.34. The lowest BCUT2D eigenvalue weighted by molar-refractivity contribution is -0.143. The van der Waals surface area contributed by atoms with Gasteiger partial charge in [0.15, 0.2) is 0 Å². The van der Waals surface area contributed by atoms with E-state index in [0.717, 1.165) is 68.4 Å². The Morgan fingerprint density at radius 1 is 1.26 bits per heavy atom. The van der Waals surface area contributed by atoms with Crippen LogP contribution in [0.4, 0.5) is 10.2 Å². The van der Waals surface area contributed by atoms with Gasteiger partial charge in [-0.2, -0.15) is 0 Å². The average Bonchev–Trinajstić information content (AvgIpc) is 3.37. The summed E-state index contributed by atoms with van der Waals surface area (Å²) in [5, 5.41) is 13.7. The van der Waals surface area contributed by atoms with E-state index in [0.29, 0.717) is 44.5 Å². The largest absolute Gasteiger partial charge is 0.480 e. The summed E-state index contributed by atoms with van der Waals surface area (Å²) < 4.78 is 26.2. The third-order valence-electron chi connectivity index (χ3n) is 8.13. The van der Waals surface area contributed by atoms with Gasteiger partial charge in [0.25, 0.3) is 0 Å². The lowest BCUT2D eigenvalue weighted by Gasteiger charge is -2.30. The Kier molecular flexibility index (Phi) is 8.92. The molecule has 38 heavy (non-hydrogen) atoms. The molecule has 0 aliphatic carbocycles. The number of aliphatic carboxylic acids is 1. The number of fused-ring (bicyclic) bond motifs is 1. The van der Waals surface area contributed by atoms with Crippen LogP contribution in [-0.4, -0.2) is 59.9 Å². The first kappa shape index (κ1) is 27.0. The maximum absolute atomic E-state index is 14.3. The zero-order valence-electron chi connectivity index (χ0n) is 22.3. The van der Waals surface area contributed by atoms with Gasteiger partial charge in [-0.25, -0.2) is 9.37 Å². The number of carboxylic acid groups (broad SMARTS) is 1. The number of aryl methyl sites for hydroxylation is 2. The van der Waals surface area contributed by atoms with E-state index in [1.807, 2.05) is 4.90 Å². The molecule has 1 aromatic heterocycles. The van der Waals surface area contributed by atoms with Gasteiger partial charge in [-0.05, 0) is 106 Å². The molecule has 2 aromatic rings. The topological polar surface area (TPSA) is 83.9 Å². The Bertz CT molecular complexity index is 1110. The summed E-state index contributed by atoms with van der Waals surface area (Å²) in [6.45, 7) is 5.36. The summed E-state index contributed by atoms with van der Waals surface area (Å²) in [6, 6.07) is 8.40. The maximum Gasteiger partial charge on any atom is 0.325 e. The van der Waals surface area contributed by atoms with Gasteiger partial charge in [0.1, 0.15) is 17.7 Å². The van der Waals surface area contributed by atoms with Crippen molar-refractivity contribution in [1.29, 1.82) is 0 Å². The minimum Gasteiger partial charge on any atom is -0.480 e. The average molecular weight is 526 g/mol. The van der Waals surface area contributed by atoms with Crippen molar-refractivity contribution in [3.63, 3.8) is 0 Å². The molecular formula is C30H40FN3O4. The van der Waals surface area contributed by atoms with Crippen LogP contribution in [0.3, 0.4) is 0 Å². The highest BCUT2D eigenvalue weighted by atomic mass is 19.1. The number of anilines is 1. The predicted octanol–water partition coefficient (Wildman–Crippen LogP) is 5.31. The van der Waals surface area contributed by atoms with E-state index >= 15 is 0 Å². The number of aromatic nitrogens is 1. The van der Waals surface area contributed by atoms with Gasteiger partial charge in [-0.15, -0.1) is 0 Å². The van der Waals surface area contributed by atoms with Crippen LogP contribution >= 0.6 is 0 Å². The van der Waals surface area contributed by atoms with Gasteiger partial charge in [0, 0.05) is 31.5 Å². The summed E-state index contributed by atoms with van der Waals surface area (Å²) in [7, 11) is 0. The first-order valence-electron chi connectivity index (χ1n) is 14.2. The second-order valence-corrected chi connectivity index (χ2v) is 11.1. The Morgan fingerprint density at radius 3 is 2.97 bits per heavy atom. The summed E-state index contributed by atoms with van der Waals surface area (Å²) in [4.78, 5) is 19.2. The molecule has 0 amide bonds. The third kappa shape index (κ3) is 6.53. The zero-order valence-corrected chi connectivity index (χ0v) is 22.3. The van der Waals surface area contributed by atoms with Crippen molar-refractivity contribution in [2.75, 3.05) is 38.2 Å². The summed E-state index contributed by atoms with van der Waals surface area (Å²) in [5.74, 6) is -0.0793. The Hall–Kier alpha value is -2.55. The molecule has 8 heteroatoms. The fourth-order valence-electron chi connectivity index (χ4n) is 6.06. The molecule has 4 heterocycles. The smallest absolute Gasteiger partial charge is 0.325 e. The number of carboxylic acids is 1. The summed E-state index contributed by atoms with van der Waals surface area (Å²) >= 11 is 0. The molecule has 1 aromatic carbocycles. The predicted molar refractivity (Wildman–Crippen MR) is 144 cm³/mol. The number of likely N-dealkylation sites (tertiary alicyclic amines) is 1. The molecule has 206 valence electrons. The van der Waals surface area contributed by atoms with Crippen LogP contribution in [0.2, 0.25) is 0 Å². The summed E-state index contributed by atoms with van der Waals surface area (Å²) in [5.41, 5.74) is 3.70. The number of hydrogen-bond acceptors (Lipinski definition) is 6. The highest BCUT2D eigenvalue weighted by Crippen LogP contribution is 2.37. The molecule has 3 aliphatic heterocycles. The number of rotatable bonds is 10. The van der Waals surface area contributed by atoms with Gasteiger partial charge in [0.05, 0.1) is 12.7 Å². The molecule has 7 nitrogen and oxygen atoms in total. The molecule has 2 N–H and O–H groups in total. The monoisotopic (exact) mass is 525 g/mol. The van der Waals surface area contributed by atoms with E-state index in [2.05, 4.69) is 24.4 Å². The van der Waals surface area contributed by atoms with Crippen molar-refractivity contribution in [3.05, 3.63) is 58.5 Å². The van der Waals surface area contributed by atoms with E-state index in [1.165, 1.54) is 17.7 Å². The van der Waals surface area contributed by atoms with Crippen LogP contribution in [0, 0.1) is 11.7 Å². The van der Waals surface area contributed by atoms with E-state index in [-0.39, 0.29) is 12.0 Å². The van der Waals surface area contributed by atoms with Gasteiger partial charge in [-0.1, -0.05) is 12.1 Å². The fourth-order valence-corrected chi connectivity index (χ4v) is 6.06. The number of hydrogen-bond donors (Lipinski definition) is 2. The van der Waals surface area contributed by atoms with E-state index in [1.54, 1.807) is 6.07 Å². The Balaban J connectivity index is 1.13. The van der Waals surface area contributed by atoms with Crippen LogP contribution in [0.1, 0.15) is 80.0 Å². The van der Waals surface area contributed by atoms with Crippen molar-refractivity contribution < 1.29 is 23.8 Å². The standard InChI is InChI=1S/C30H40FN3O4/c1-20-7-8-22-9-11-24(33-29(22)32-20)5-4-15-37-19-21-13-14-34(18-21)28(30(35)36)26-17-23(31)10-12-25(26)27-6-2-3-16-38-27/h9-12,17,20-21,27-28H,2-8,13-16,18-19H2,1H3,(H,32,33)(H,35,36)/t20?,21?,27-,28?/m0/s1. The highest BCUT2D eigenvalue weighted by molar-refractivity contribution is 5.76. The molecule has 0 bridgehead atoms. The minimum atomic E-state index is -0.948. The molecule has 0 saturated carbocycles. The molecule has 2 saturated heterocycles. The lowest BCUT2D eigenvalue weighted by atomic mass is 9.92. The van der Waals surface area contributed by atoms with E-state index in [4.69, 9.17) is 14.5 Å². The number of nitrogens with zero attached hydrogens (tertiary/aromatic N) is 2. The van der Waals surface area contributed by atoms with Gasteiger partial charge < -0.3 is 19.9 Å². The van der Waals surface area contributed by atoms with E-state index < -0.39 is 17.8 Å². The van der Waals surface area contributed by atoms with Crippen LogP contribution in [0.25, 0.3) is 0 Å². The number of pyridine rings is 1. The van der Waals surface area contributed by atoms with Gasteiger partial charge >= 0.3 is 5.97 Å². The third-order valence-corrected chi connectivity index (χ3v) is 8.13. The SMILES string of the molecule is CC1CCc2ccc(CCCOCC3CCN(C(C(=O)O)c4cc(F)ccc4[C@@H]4CCCCO4)C3)nc2N1. The maximum atomic E-state index is 14.3. The molecule has 3 unspecified atom stereocenters. The normalized spacial score (nSPS) is 24.5. The van der Waals surface area contributed by atoms with Gasteiger partial charge in [0.2, 0.25) is 0 Å². The zero-order chi connectivity index (χ0) is 26.5. The molecule has 0 spiro atoms. The molecule has 2 fully saturated rings. The van der Waals surface area contributed by atoms with E-state index in [9.17, 15) is 14.3 Å². The highest BCUT2D eigenvalue weighted by Gasteiger charge is 2.36. The second-order valence-electron chi connectivity index (χ2n) is 11.1. The minimum absolute atomic E-state index is 0.174. The molecular weight excluding hydrogens is 485 g/mol. The second kappa shape index (κ2) is 12.5. The van der Waals surface area contributed by atoms with Crippen molar-refractivity contribution in [2.24, 2.45) is 5.92 Å². The van der Waals surface area contributed by atoms with Crippen LogP contribution in [0.15, 0.2) is 30.3 Å². The van der Waals surface area contributed by atoms with Crippen LogP contribution < -0.4 is 5.32 Å². The van der Waals surface area contributed by atoms with Crippen molar-refractivity contribution in [1.82, 2.24) is 9.88 Å². The molecule has 3 aliphatic rings. The number of benzene rings is 1. The Labute approximate surface area is 224 Å². The van der Waals surface area contributed by atoms with Crippen molar-refractivity contribution in [3.8, 4) is 0 Å². The van der Waals surface area contributed by atoms with Crippen molar-refractivity contribution in [2.45, 2.75) is 76.5 Å². The van der Waals surface area contributed by atoms with Crippen molar-refractivity contribution >= 4 is 11.8 Å². The first-order valence-corrected chi connectivity index (χ1v) is 14.2. The first-order chi connectivity index (χ1) is 18.5. The van der Waals surface area contributed by atoms with Gasteiger partial charge in [-0.3, -0.25) is 9.69 Å².